The molecule has 3 heteroatoms. The lowest BCUT2D eigenvalue weighted by Crippen LogP contribution is -2.07. The highest BCUT2D eigenvalue weighted by molar-refractivity contribution is 5.83. The highest BCUT2D eigenvalue weighted by atomic mass is 16.5. The monoisotopic (exact) mass is 219 g/mol. The minimum Gasteiger partial charge on any atom is -0.380 e. The van der Waals surface area contributed by atoms with Crippen LogP contribution in [-0.2, 0) is 29.1 Å². The lowest BCUT2D eigenvalue weighted by atomic mass is 9.96. The van der Waals surface area contributed by atoms with E-state index >= 15 is 0 Å². The normalized spacial score (nSPS) is 13.9. The van der Waals surface area contributed by atoms with Crippen molar-refractivity contribution in [3.8, 4) is 0 Å². The van der Waals surface area contributed by atoms with Crippen molar-refractivity contribution in [1.82, 2.24) is 0 Å². The van der Waals surface area contributed by atoms with Gasteiger partial charge in [-0.25, -0.2) is 0 Å². The molecule has 0 N–H and O–H groups in total. The zero-order chi connectivity index (χ0) is 11.4. The van der Waals surface area contributed by atoms with Gasteiger partial charge in [0.1, 0.15) is 0 Å². The molecule has 1 aliphatic heterocycles. The van der Waals surface area contributed by atoms with Gasteiger partial charge in [0.25, 0.3) is 0 Å². The molecule has 1 aromatic rings. The van der Waals surface area contributed by atoms with E-state index in [0.717, 1.165) is 13.0 Å². The Morgan fingerprint density at radius 1 is 1.12 bits per heavy atom. The number of fused-ring (bicyclic) bond motifs is 1. The summed E-state index contributed by atoms with van der Waals surface area (Å²) in [5.41, 5.74) is 5.00. The fourth-order valence-electron chi connectivity index (χ4n) is 2.02. The number of benzene rings is 1. The second-order valence-corrected chi connectivity index (χ2v) is 3.97. The van der Waals surface area contributed by atoms with Crippen molar-refractivity contribution in [2.24, 2.45) is 4.99 Å². The summed E-state index contributed by atoms with van der Waals surface area (Å²) >= 11 is 0. The SMILES string of the molecule is COCc1cc2c(cc1COC)CCN=C2. The number of methoxy groups -OCH3 is 2. The van der Waals surface area contributed by atoms with Gasteiger partial charge in [0, 0.05) is 27.0 Å². The largest absolute Gasteiger partial charge is 0.380 e. The van der Waals surface area contributed by atoms with Gasteiger partial charge in [-0.1, -0.05) is 6.07 Å². The summed E-state index contributed by atoms with van der Waals surface area (Å²) in [6.07, 6.45) is 2.98. The van der Waals surface area contributed by atoms with E-state index in [1.807, 2.05) is 6.21 Å². The molecular weight excluding hydrogens is 202 g/mol. The Morgan fingerprint density at radius 3 is 2.50 bits per heavy atom. The average molecular weight is 219 g/mol. The Balaban J connectivity index is 2.38. The van der Waals surface area contributed by atoms with E-state index in [1.54, 1.807) is 14.2 Å². The van der Waals surface area contributed by atoms with Crippen molar-refractivity contribution in [2.45, 2.75) is 19.6 Å². The second-order valence-electron chi connectivity index (χ2n) is 3.97. The third-order valence-corrected chi connectivity index (χ3v) is 2.80. The van der Waals surface area contributed by atoms with Gasteiger partial charge in [0.15, 0.2) is 0 Å². The lowest BCUT2D eigenvalue weighted by Gasteiger charge is -2.15. The van der Waals surface area contributed by atoms with E-state index in [0.29, 0.717) is 13.2 Å². The summed E-state index contributed by atoms with van der Waals surface area (Å²) < 4.78 is 10.4. The third-order valence-electron chi connectivity index (χ3n) is 2.80. The molecule has 1 heterocycles. The summed E-state index contributed by atoms with van der Waals surface area (Å²) in [7, 11) is 3.43. The smallest absolute Gasteiger partial charge is 0.0716 e. The van der Waals surface area contributed by atoms with Gasteiger partial charge in [0.2, 0.25) is 0 Å². The van der Waals surface area contributed by atoms with Crippen LogP contribution >= 0.6 is 0 Å². The van der Waals surface area contributed by atoms with Crippen LogP contribution in [0.4, 0.5) is 0 Å². The van der Waals surface area contributed by atoms with Crippen molar-refractivity contribution in [2.75, 3.05) is 20.8 Å². The van der Waals surface area contributed by atoms with Crippen LogP contribution in [0, 0.1) is 0 Å². The Kier molecular flexibility index (Phi) is 3.70. The van der Waals surface area contributed by atoms with Crippen molar-refractivity contribution in [3.63, 3.8) is 0 Å². The molecule has 0 saturated carbocycles. The van der Waals surface area contributed by atoms with E-state index in [4.69, 9.17) is 9.47 Å². The summed E-state index contributed by atoms with van der Waals surface area (Å²) in [6, 6.07) is 4.38. The topological polar surface area (TPSA) is 30.8 Å². The first-order chi connectivity index (χ1) is 7.85. The van der Waals surface area contributed by atoms with Crippen molar-refractivity contribution in [1.29, 1.82) is 0 Å². The molecule has 0 atom stereocenters. The standard InChI is InChI=1S/C13H17NO2/c1-15-8-12-5-10-3-4-14-7-11(10)6-13(12)9-16-2/h5-7H,3-4,8-9H2,1-2H3. The van der Waals surface area contributed by atoms with Crippen LogP contribution < -0.4 is 0 Å². The van der Waals surface area contributed by atoms with E-state index in [-0.39, 0.29) is 0 Å². The van der Waals surface area contributed by atoms with Gasteiger partial charge < -0.3 is 9.47 Å². The van der Waals surface area contributed by atoms with Crippen molar-refractivity contribution < 1.29 is 9.47 Å². The molecule has 0 bridgehead atoms. The molecule has 16 heavy (non-hydrogen) atoms. The predicted octanol–water partition coefficient (Wildman–Crippen LogP) is 1.95. The van der Waals surface area contributed by atoms with Gasteiger partial charge >= 0.3 is 0 Å². The molecule has 0 unspecified atom stereocenters. The van der Waals surface area contributed by atoms with Gasteiger partial charge in [0.05, 0.1) is 13.2 Å². The highest BCUT2D eigenvalue weighted by Gasteiger charge is 2.10. The Morgan fingerprint density at radius 2 is 1.81 bits per heavy atom. The fourth-order valence-corrected chi connectivity index (χ4v) is 2.02. The van der Waals surface area contributed by atoms with Gasteiger partial charge in [-0.05, 0) is 34.7 Å². The Labute approximate surface area is 96.1 Å². The van der Waals surface area contributed by atoms with Crippen molar-refractivity contribution in [3.05, 3.63) is 34.4 Å². The number of aliphatic imine (C=N–C) groups is 1. The highest BCUT2D eigenvalue weighted by Crippen LogP contribution is 2.20. The zero-order valence-electron chi connectivity index (χ0n) is 9.82. The van der Waals surface area contributed by atoms with Crippen LogP contribution in [0.3, 0.4) is 0 Å². The lowest BCUT2D eigenvalue weighted by molar-refractivity contribution is 0.168. The number of hydrogen-bond acceptors (Lipinski definition) is 3. The second kappa shape index (κ2) is 5.23. The van der Waals surface area contributed by atoms with E-state index in [9.17, 15) is 0 Å². The quantitative estimate of drug-likeness (QED) is 0.775. The molecule has 0 fully saturated rings. The van der Waals surface area contributed by atoms with Gasteiger partial charge in [-0.2, -0.15) is 0 Å². The number of hydrogen-bond donors (Lipinski definition) is 0. The molecule has 1 aliphatic rings. The summed E-state index contributed by atoms with van der Waals surface area (Å²) in [5.74, 6) is 0. The summed E-state index contributed by atoms with van der Waals surface area (Å²) in [4.78, 5) is 4.30. The number of rotatable bonds is 4. The Bertz CT molecular complexity index is 399. The molecule has 3 nitrogen and oxygen atoms in total. The van der Waals surface area contributed by atoms with Gasteiger partial charge in [-0.3, -0.25) is 4.99 Å². The molecule has 2 rings (SSSR count). The summed E-state index contributed by atoms with van der Waals surface area (Å²) in [6.45, 7) is 2.16. The van der Waals surface area contributed by atoms with Crippen LogP contribution in [0.15, 0.2) is 17.1 Å². The molecular formula is C13H17NO2. The Hall–Kier alpha value is -1.19. The third kappa shape index (κ3) is 2.31. The molecule has 86 valence electrons. The predicted molar refractivity (Wildman–Crippen MR) is 64.0 cm³/mol. The van der Waals surface area contributed by atoms with E-state index in [2.05, 4.69) is 17.1 Å². The number of nitrogens with zero attached hydrogens (tertiary/aromatic N) is 1. The van der Waals surface area contributed by atoms with Crippen LogP contribution in [0.2, 0.25) is 0 Å². The first kappa shape index (κ1) is 11.3. The minimum absolute atomic E-state index is 0.625. The van der Waals surface area contributed by atoms with Crippen LogP contribution in [0.25, 0.3) is 0 Å². The van der Waals surface area contributed by atoms with Crippen molar-refractivity contribution >= 4 is 6.21 Å². The fraction of sp³-hybridized carbons (Fsp3) is 0.462. The van der Waals surface area contributed by atoms with Crippen LogP contribution in [0.1, 0.15) is 22.3 Å². The van der Waals surface area contributed by atoms with E-state index < -0.39 is 0 Å². The molecule has 0 spiro atoms. The molecule has 0 radical (unpaired) electrons. The zero-order valence-corrected chi connectivity index (χ0v) is 9.82. The first-order valence-electron chi connectivity index (χ1n) is 5.47. The van der Waals surface area contributed by atoms with Crippen LogP contribution in [-0.4, -0.2) is 27.0 Å². The molecule has 0 aromatic heterocycles. The minimum atomic E-state index is 0.625. The maximum Gasteiger partial charge on any atom is 0.0716 e. The first-order valence-corrected chi connectivity index (χ1v) is 5.47. The van der Waals surface area contributed by atoms with Gasteiger partial charge in [-0.15, -0.1) is 0 Å². The number of ether oxygens (including phenoxy) is 2. The maximum atomic E-state index is 5.22. The molecule has 0 aliphatic carbocycles. The molecule has 0 saturated heterocycles. The molecule has 0 amide bonds. The van der Waals surface area contributed by atoms with Crippen LogP contribution in [0.5, 0.6) is 0 Å². The summed E-state index contributed by atoms with van der Waals surface area (Å²) in [5, 5.41) is 0. The maximum absolute atomic E-state index is 5.22. The molecule has 1 aromatic carbocycles. The van der Waals surface area contributed by atoms with E-state index in [1.165, 1.54) is 22.3 Å². The average Bonchev–Trinajstić information content (AvgIpc) is 2.30.